The maximum absolute atomic E-state index is 13.9. The fourth-order valence-corrected chi connectivity index (χ4v) is 2.34. The zero-order chi connectivity index (χ0) is 14.9. The second-order valence-electron chi connectivity index (χ2n) is 4.57. The normalized spacial score (nSPS) is 12.5. The minimum absolute atomic E-state index is 0.152. The van der Waals surface area contributed by atoms with E-state index < -0.39 is 17.7 Å². The SMILES string of the molecule is Cc1cc(C(O)Cc2c(F)ccc(Br)c2F)c(C)nn1. The van der Waals surface area contributed by atoms with Gasteiger partial charge in [-0.05, 0) is 48.0 Å². The molecule has 0 aliphatic heterocycles. The topological polar surface area (TPSA) is 46.0 Å². The van der Waals surface area contributed by atoms with Gasteiger partial charge in [-0.25, -0.2) is 8.78 Å². The number of nitrogens with zero attached hydrogens (tertiary/aromatic N) is 2. The quantitative estimate of drug-likeness (QED) is 0.869. The Hall–Kier alpha value is -1.40. The monoisotopic (exact) mass is 342 g/mol. The van der Waals surface area contributed by atoms with Gasteiger partial charge < -0.3 is 5.11 Å². The molecule has 0 saturated carbocycles. The third kappa shape index (κ3) is 3.02. The lowest BCUT2D eigenvalue weighted by molar-refractivity contribution is 0.174. The molecule has 0 spiro atoms. The van der Waals surface area contributed by atoms with Gasteiger partial charge in [-0.3, -0.25) is 0 Å². The molecular weight excluding hydrogens is 330 g/mol. The first kappa shape index (κ1) is 15.0. The highest BCUT2D eigenvalue weighted by Gasteiger charge is 2.19. The zero-order valence-electron chi connectivity index (χ0n) is 11.0. The lowest BCUT2D eigenvalue weighted by Crippen LogP contribution is -2.09. The van der Waals surface area contributed by atoms with Gasteiger partial charge in [-0.15, -0.1) is 0 Å². The van der Waals surface area contributed by atoms with Crippen LogP contribution in [0.4, 0.5) is 8.78 Å². The van der Waals surface area contributed by atoms with Crippen molar-refractivity contribution in [1.82, 2.24) is 10.2 Å². The molecular formula is C14H13BrF2N2O. The number of hydrogen-bond donors (Lipinski definition) is 1. The van der Waals surface area contributed by atoms with Crippen LogP contribution in [0.15, 0.2) is 22.7 Å². The van der Waals surface area contributed by atoms with Gasteiger partial charge in [0.1, 0.15) is 11.6 Å². The molecule has 2 rings (SSSR count). The van der Waals surface area contributed by atoms with Crippen LogP contribution in [-0.2, 0) is 6.42 Å². The van der Waals surface area contributed by atoms with Gasteiger partial charge in [0.05, 0.1) is 22.0 Å². The maximum atomic E-state index is 13.9. The molecule has 20 heavy (non-hydrogen) atoms. The van der Waals surface area contributed by atoms with Gasteiger partial charge in [-0.2, -0.15) is 10.2 Å². The van der Waals surface area contributed by atoms with Crippen LogP contribution in [0.5, 0.6) is 0 Å². The number of hydrogen-bond acceptors (Lipinski definition) is 3. The standard InChI is InChI=1S/C14H13BrF2N2O/c1-7-5-9(8(2)19-18-7)13(20)6-10-12(16)4-3-11(15)14(10)17/h3-5,13,20H,6H2,1-2H3. The zero-order valence-corrected chi connectivity index (χ0v) is 12.6. The number of halogens is 3. The van der Waals surface area contributed by atoms with Gasteiger partial charge in [-0.1, -0.05) is 0 Å². The summed E-state index contributed by atoms with van der Waals surface area (Å²) in [5, 5.41) is 18.0. The second kappa shape index (κ2) is 5.93. The summed E-state index contributed by atoms with van der Waals surface area (Å²) in [5.74, 6) is -1.37. The Morgan fingerprint density at radius 2 is 1.95 bits per heavy atom. The number of rotatable bonds is 3. The van der Waals surface area contributed by atoms with Crippen LogP contribution in [0.1, 0.15) is 28.6 Å². The summed E-state index contributed by atoms with van der Waals surface area (Å²) in [5.41, 5.74) is 1.55. The van der Waals surface area contributed by atoms with Crippen LogP contribution in [0.25, 0.3) is 0 Å². The van der Waals surface area contributed by atoms with E-state index >= 15 is 0 Å². The highest BCUT2D eigenvalue weighted by molar-refractivity contribution is 9.10. The van der Waals surface area contributed by atoms with E-state index in [0.29, 0.717) is 17.0 Å². The smallest absolute Gasteiger partial charge is 0.143 e. The molecule has 0 aliphatic carbocycles. The van der Waals surface area contributed by atoms with Crippen LogP contribution in [0.3, 0.4) is 0 Å². The van der Waals surface area contributed by atoms with Gasteiger partial charge >= 0.3 is 0 Å². The second-order valence-corrected chi connectivity index (χ2v) is 5.42. The minimum Gasteiger partial charge on any atom is -0.388 e. The van der Waals surface area contributed by atoms with Crippen molar-refractivity contribution in [3.63, 3.8) is 0 Å². The highest BCUT2D eigenvalue weighted by Crippen LogP contribution is 2.27. The van der Waals surface area contributed by atoms with E-state index in [2.05, 4.69) is 26.1 Å². The molecule has 1 N–H and O–H groups in total. The molecule has 1 aromatic heterocycles. The molecule has 106 valence electrons. The summed E-state index contributed by atoms with van der Waals surface area (Å²) in [6, 6.07) is 4.13. The lowest BCUT2D eigenvalue weighted by atomic mass is 9.99. The van der Waals surface area contributed by atoms with Crippen molar-refractivity contribution in [1.29, 1.82) is 0 Å². The molecule has 0 radical (unpaired) electrons. The largest absolute Gasteiger partial charge is 0.388 e. The first-order chi connectivity index (χ1) is 9.40. The molecule has 0 fully saturated rings. The van der Waals surface area contributed by atoms with Gasteiger partial charge in [0.2, 0.25) is 0 Å². The van der Waals surface area contributed by atoms with E-state index in [1.54, 1.807) is 19.9 Å². The average molecular weight is 343 g/mol. The molecule has 1 aromatic carbocycles. The molecule has 2 aromatic rings. The van der Waals surface area contributed by atoms with Crippen LogP contribution in [-0.4, -0.2) is 15.3 Å². The molecule has 1 heterocycles. The van der Waals surface area contributed by atoms with Crippen LogP contribution < -0.4 is 0 Å². The molecule has 0 saturated heterocycles. The van der Waals surface area contributed by atoms with E-state index in [-0.39, 0.29) is 16.5 Å². The lowest BCUT2D eigenvalue weighted by Gasteiger charge is -2.14. The predicted molar refractivity (Wildman–Crippen MR) is 74.2 cm³/mol. The third-order valence-corrected chi connectivity index (χ3v) is 3.65. The van der Waals surface area contributed by atoms with E-state index in [1.165, 1.54) is 6.07 Å². The molecule has 1 atom stereocenters. The molecule has 6 heteroatoms. The Morgan fingerprint density at radius 1 is 1.25 bits per heavy atom. The van der Waals surface area contributed by atoms with Crippen molar-refractivity contribution >= 4 is 15.9 Å². The van der Waals surface area contributed by atoms with E-state index in [4.69, 9.17) is 0 Å². The molecule has 1 unspecified atom stereocenters. The molecule has 0 bridgehead atoms. The van der Waals surface area contributed by atoms with Gasteiger partial charge in [0.25, 0.3) is 0 Å². The van der Waals surface area contributed by atoms with Gasteiger partial charge in [0, 0.05) is 17.5 Å². The van der Waals surface area contributed by atoms with Crippen LogP contribution in [0, 0.1) is 25.5 Å². The Balaban J connectivity index is 2.35. The van der Waals surface area contributed by atoms with Crippen molar-refractivity contribution in [3.8, 4) is 0 Å². The summed E-state index contributed by atoms with van der Waals surface area (Å²) in [7, 11) is 0. The van der Waals surface area contributed by atoms with Crippen LogP contribution in [0.2, 0.25) is 0 Å². The number of benzene rings is 1. The minimum atomic E-state index is -1.04. The van der Waals surface area contributed by atoms with Crippen LogP contribution >= 0.6 is 15.9 Å². The average Bonchev–Trinajstić information content (AvgIpc) is 2.41. The Morgan fingerprint density at radius 3 is 2.65 bits per heavy atom. The van der Waals surface area contributed by atoms with Crippen molar-refractivity contribution in [2.24, 2.45) is 0 Å². The summed E-state index contributed by atoms with van der Waals surface area (Å²) in [4.78, 5) is 0. The summed E-state index contributed by atoms with van der Waals surface area (Å²) >= 11 is 3.01. The van der Waals surface area contributed by atoms with E-state index in [9.17, 15) is 13.9 Å². The number of aromatic nitrogens is 2. The summed E-state index contributed by atoms with van der Waals surface area (Å²) in [6.45, 7) is 3.43. The van der Waals surface area contributed by atoms with Crippen molar-refractivity contribution < 1.29 is 13.9 Å². The highest BCUT2D eigenvalue weighted by atomic mass is 79.9. The predicted octanol–water partition coefficient (Wildman–Crippen LogP) is 3.41. The Kier molecular flexibility index (Phi) is 4.45. The van der Waals surface area contributed by atoms with E-state index in [0.717, 1.165) is 6.07 Å². The number of aryl methyl sites for hydroxylation is 2. The van der Waals surface area contributed by atoms with E-state index in [1.807, 2.05) is 0 Å². The summed E-state index contributed by atoms with van der Waals surface area (Å²) < 4.78 is 27.7. The van der Waals surface area contributed by atoms with Crippen molar-refractivity contribution in [2.75, 3.05) is 0 Å². The molecule has 0 aliphatic rings. The van der Waals surface area contributed by atoms with Crippen molar-refractivity contribution in [3.05, 3.63) is 56.8 Å². The molecule has 3 nitrogen and oxygen atoms in total. The van der Waals surface area contributed by atoms with Crippen molar-refractivity contribution in [2.45, 2.75) is 26.4 Å². The fourth-order valence-electron chi connectivity index (χ4n) is 1.97. The van der Waals surface area contributed by atoms with Gasteiger partial charge in [0.15, 0.2) is 0 Å². The number of aliphatic hydroxyl groups is 1. The summed E-state index contributed by atoms with van der Waals surface area (Å²) in [6.07, 6.45) is -1.20. The first-order valence-corrected chi connectivity index (χ1v) is 6.80. The number of aliphatic hydroxyl groups excluding tert-OH is 1. The Bertz CT molecular complexity index is 649. The Labute approximate surface area is 123 Å². The molecule has 0 amide bonds. The maximum Gasteiger partial charge on any atom is 0.143 e. The third-order valence-electron chi connectivity index (χ3n) is 3.04. The first-order valence-electron chi connectivity index (χ1n) is 6.01. The fraction of sp³-hybridized carbons (Fsp3) is 0.286.